The van der Waals surface area contributed by atoms with Gasteiger partial charge in [-0.2, -0.15) is 0 Å². The summed E-state index contributed by atoms with van der Waals surface area (Å²) in [5, 5.41) is 13.0. The highest BCUT2D eigenvalue weighted by Gasteiger charge is 2.80. The molecular weight excluding hydrogens is 628 g/mol. The molecular formula is C38H60O9Si. The lowest BCUT2D eigenvalue weighted by atomic mass is 9.67. The van der Waals surface area contributed by atoms with Gasteiger partial charge in [-0.3, -0.25) is 4.79 Å². The van der Waals surface area contributed by atoms with E-state index in [1.165, 1.54) is 0 Å². The van der Waals surface area contributed by atoms with Crippen molar-refractivity contribution in [1.29, 1.82) is 0 Å². The van der Waals surface area contributed by atoms with Crippen LogP contribution in [0.2, 0.25) is 18.1 Å². The van der Waals surface area contributed by atoms with E-state index in [9.17, 15) is 9.90 Å². The summed E-state index contributed by atoms with van der Waals surface area (Å²) in [6, 6.07) is 0. The second-order valence-corrected chi connectivity index (χ2v) is 22.9. The Morgan fingerprint density at radius 2 is 1.79 bits per heavy atom. The number of rotatable bonds is 3. The second-order valence-electron chi connectivity index (χ2n) is 18.1. The summed E-state index contributed by atoms with van der Waals surface area (Å²) in [7, 11) is -2.28. The van der Waals surface area contributed by atoms with E-state index in [1.807, 2.05) is 19.1 Å². The number of esters is 1. The van der Waals surface area contributed by atoms with Crippen LogP contribution in [0.1, 0.15) is 100 Å². The largest absolute Gasteiger partial charge is 0.462 e. The maximum atomic E-state index is 14.5. The summed E-state index contributed by atoms with van der Waals surface area (Å²) in [4.78, 5) is 14.5. The number of ether oxygens (including phenoxy) is 6. The Bertz CT molecular complexity index is 1340. The molecule has 6 heterocycles. The molecule has 0 saturated carbocycles. The van der Waals surface area contributed by atoms with Gasteiger partial charge in [0.2, 0.25) is 0 Å². The fourth-order valence-electron chi connectivity index (χ4n) is 9.31. The lowest BCUT2D eigenvalue weighted by Crippen LogP contribution is -2.65. The average Bonchev–Trinajstić information content (AvgIpc) is 3.84. The van der Waals surface area contributed by atoms with E-state index in [2.05, 4.69) is 67.6 Å². The molecule has 9 nitrogen and oxygen atoms in total. The molecule has 0 aromatic rings. The van der Waals surface area contributed by atoms with Crippen LogP contribution in [0.3, 0.4) is 0 Å². The number of fused-ring (bicyclic) bond motifs is 3. The van der Waals surface area contributed by atoms with Gasteiger partial charge in [-0.05, 0) is 68.7 Å². The minimum Gasteiger partial charge on any atom is -0.462 e. The van der Waals surface area contributed by atoms with Crippen LogP contribution in [0.25, 0.3) is 0 Å². The summed E-state index contributed by atoms with van der Waals surface area (Å²) < 4.78 is 46.3. The Kier molecular flexibility index (Phi) is 8.60. The molecule has 2 bridgehead atoms. The van der Waals surface area contributed by atoms with Gasteiger partial charge in [0.1, 0.15) is 29.8 Å². The molecule has 14 atom stereocenters. The normalized spacial score (nSPS) is 51.2. The van der Waals surface area contributed by atoms with E-state index in [-0.39, 0.29) is 47.6 Å². The predicted molar refractivity (Wildman–Crippen MR) is 183 cm³/mol. The van der Waals surface area contributed by atoms with Gasteiger partial charge >= 0.3 is 5.97 Å². The third-order valence-corrected chi connectivity index (χ3v) is 17.9. The topological polar surface area (TPSA) is 109 Å². The second kappa shape index (κ2) is 11.7. The number of carbonyl (C=O) groups is 1. The van der Waals surface area contributed by atoms with Crippen molar-refractivity contribution in [2.24, 2.45) is 17.8 Å². The molecule has 5 saturated heterocycles. The number of hydrogen-bond acceptors (Lipinski definition) is 9. The van der Waals surface area contributed by atoms with Crippen molar-refractivity contribution in [3.8, 4) is 0 Å². The van der Waals surface area contributed by atoms with Crippen molar-refractivity contribution in [1.82, 2.24) is 0 Å². The zero-order valence-corrected chi connectivity index (χ0v) is 31.9. The smallest absolute Gasteiger partial charge is 0.316 e. The van der Waals surface area contributed by atoms with Gasteiger partial charge in [-0.1, -0.05) is 59.8 Å². The van der Waals surface area contributed by atoms with Crippen LogP contribution >= 0.6 is 0 Å². The minimum absolute atomic E-state index is 0.0494. The van der Waals surface area contributed by atoms with Crippen LogP contribution in [0.5, 0.6) is 0 Å². The quantitative estimate of drug-likeness (QED) is 0.157. The highest BCUT2D eigenvalue weighted by atomic mass is 28.4. The Balaban J connectivity index is 1.25. The molecule has 5 fully saturated rings. The standard InChI is InChI=1S/C38H60O9Si/c1-11-28-23(3)14-15-36(44-28)20-26-17-25(43-36)18-30-35(8,45-30)19-22(2)12-13-29-37(46-29)21-41-32-31(47-48(9,10)34(5,6)7)24(4)16-27(33(39)42-26)38(32,37)40/h12-13,16,22-23,25-32,40H,11,14-15,17-21H2,1-10H3/b13-12-/t22-,23-,25-,26-,27-,28+,29+,30+,31+,32+,35-,36+,37+,38+/m0/s1. The zero-order valence-electron chi connectivity index (χ0n) is 30.9. The van der Waals surface area contributed by atoms with Gasteiger partial charge in [0.25, 0.3) is 0 Å². The summed E-state index contributed by atoms with van der Waals surface area (Å²) in [5.41, 5.74) is -2.11. The van der Waals surface area contributed by atoms with Crippen molar-refractivity contribution in [3.05, 3.63) is 23.8 Å². The first-order chi connectivity index (χ1) is 22.4. The number of hydrogen-bond donors (Lipinski definition) is 1. The molecule has 1 N–H and O–H groups in total. The van der Waals surface area contributed by atoms with Gasteiger partial charge in [-0.25, -0.2) is 0 Å². The van der Waals surface area contributed by atoms with Gasteiger partial charge in [0.05, 0.1) is 36.6 Å². The molecule has 0 radical (unpaired) electrons. The summed E-state index contributed by atoms with van der Waals surface area (Å²) in [5.74, 6) is -1.58. The summed E-state index contributed by atoms with van der Waals surface area (Å²) in [6.07, 6.45) is 9.26. The van der Waals surface area contributed by atoms with Crippen LogP contribution in [0, 0.1) is 17.8 Å². The molecule has 7 rings (SSSR count). The highest BCUT2D eigenvalue weighted by molar-refractivity contribution is 6.74. The van der Waals surface area contributed by atoms with Crippen LogP contribution in [-0.4, -0.2) is 91.3 Å². The van der Waals surface area contributed by atoms with E-state index < -0.39 is 55.5 Å². The van der Waals surface area contributed by atoms with Crippen LogP contribution < -0.4 is 0 Å². The highest BCUT2D eigenvalue weighted by Crippen LogP contribution is 2.60. The van der Waals surface area contributed by atoms with E-state index in [0.29, 0.717) is 18.8 Å². The van der Waals surface area contributed by atoms with Crippen molar-refractivity contribution in [2.45, 2.75) is 184 Å². The summed E-state index contributed by atoms with van der Waals surface area (Å²) in [6.45, 7) is 22.0. The van der Waals surface area contributed by atoms with E-state index >= 15 is 0 Å². The molecule has 0 aromatic carbocycles. The third kappa shape index (κ3) is 5.73. The van der Waals surface area contributed by atoms with Crippen molar-refractivity contribution >= 4 is 14.3 Å². The SMILES string of the molecule is CC[C@H]1O[C@]2(CC[C@@H]1C)C[C@@H]1C[C@@H](C[C@H]3O[C@@]3(C)C[C@@H](C)/C=C\[C@H]3O[C@]34CO[C@@H]3[C@H](O[Si](C)(C)C(C)(C)C)C(C)=C[C@@H](C(=O)O1)[C@@]34O)O2. The molecule has 1 aliphatic carbocycles. The molecule has 0 aromatic heterocycles. The molecule has 0 unspecified atom stereocenters. The van der Waals surface area contributed by atoms with Gasteiger partial charge in [0, 0.05) is 25.7 Å². The molecule has 0 amide bonds. The van der Waals surface area contributed by atoms with Crippen LogP contribution in [0.4, 0.5) is 0 Å². The lowest BCUT2D eigenvalue weighted by molar-refractivity contribution is -0.336. The first-order valence-electron chi connectivity index (χ1n) is 18.7. The predicted octanol–water partition coefficient (Wildman–Crippen LogP) is 6.38. The monoisotopic (exact) mass is 688 g/mol. The van der Waals surface area contributed by atoms with Crippen molar-refractivity contribution in [3.63, 3.8) is 0 Å². The molecule has 10 heteroatoms. The van der Waals surface area contributed by atoms with Crippen molar-refractivity contribution in [2.75, 3.05) is 6.61 Å². The van der Waals surface area contributed by atoms with Crippen molar-refractivity contribution < 1.29 is 42.7 Å². The summed E-state index contributed by atoms with van der Waals surface area (Å²) >= 11 is 0. The number of aliphatic hydroxyl groups is 1. The number of allylic oxidation sites excluding steroid dienone is 1. The third-order valence-electron chi connectivity index (χ3n) is 13.4. The van der Waals surface area contributed by atoms with Crippen LogP contribution in [0.15, 0.2) is 23.8 Å². The number of epoxide rings is 2. The maximum Gasteiger partial charge on any atom is 0.316 e. The average molecular weight is 689 g/mol. The van der Waals surface area contributed by atoms with Crippen LogP contribution in [-0.2, 0) is 37.6 Å². The Morgan fingerprint density at radius 1 is 1.04 bits per heavy atom. The Hall–Kier alpha value is -1.11. The number of carbonyl (C=O) groups excluding carboxylic acids is 1. The van der Waals surface area contributed by atoms with E-state index in [4.69, 9.17) is 32.8 Å². The zero-order chi connectivity index (χ0) is 34.7. The maximum absolute atomic E-state index is 14.5. The Morgan fingerprint density at radius 3 is 2.50 bits per heavy atom. The van der Waals surface area contributed by atoms with E-state index in [0.717, 1.165) is 37.7 Å². The molecule has 7 aliphatic rings. The molecule has 48 heavy (non-hydrogen) atoms. The fourth-order valence-corrected chi connectivity index (χ4v) is 10.6. The van der Waals surface area contributed by atoms with Gasteiger partial charge in [-0.15, -0.1) is 0 Å². The minimum atomic E-state index is -2.28. The van der Waals surface area contributed by atoms with Gasteiger partial charge in [0.15, 0.2) is 19.7 Å². The molecule has 6 aliphatic heterocycles. The van der Waals surface area contributed by atoms with Gasteiger partial charge < -0.3 is 38.0 Å². The molecule has 2 spiro atoms. The van der Waals surface area contributed by atoms with E-state index in [1.54, 1.807) is 0 Å². The first-order valence-corrected chi connectivity index (χ1v) is 21.6. The Labute approximate surface area is 288 Å². The lowest BCUT2D eigenvalue weighted by Gasteiger charge is -2.50. The molecule has 270 valence electrons. The first kappa shape index (κ1) is 35.3. The fraction of sp³-hybridized carbons (Fsp3) is 0.868.